The van der Waals surface area contributed by atoms with Crippen LogP contribution in [0.25, 0.3) is 0 Å². The first kappa shape index (κ1) is 22.4. The number of nitrogens with one attached hydrogen (secondary N) is 2. The van der Waals surface area contributed by atoms with Gasteiger partial charge in [-0.1, -0.05) is 62.4 Å². The van der Waals surface area contributed by atoms with Crippen molar-refractivity contribution in [1.29, 1.82) is 0 Å². The predicted octanol–water partition coefficient (Wildman–Crippen LogP) is 3.49. The summed E-state index contributed by atoms with van der Waals surface area (Å²) in [5, 5.41) is 5.69. The highest BCUT2D eigenvalue weighted by Gasteiger charge is 2.57. The van der Waals surface area contributed by atoms with Crippen molar-refractivity contribution in [3.05, 3.63) is 71.3 Å². The quantitative estimate of drug-likeness (QED) is 0.705. The number of carbonyl (C=O) groups excluding carboxylic acids is 3. The van der Waals surface area contributed by atoms with Gasteiger partial charge in [0, 0.05) is 16.9 Å². The number of carbonyl (C=O) groups is 3. The summed E-state index contributed by atoms with van der Waals surface area (Å²) in [5.41, 5.74) is 2.59. The number of benzene rings is 2. The van der Waals surface area contributed by atoms with Gasteiger partial charge in [0.25, 0.3) is 5.91 Å². The van der Waals surface area contributed by atoms with Crippen LogP contribution in [0, 0.1) is 5.92 Å². The first-order valence-corrected chi connectivity index (χ1v) is 11.8. The highest BCUT2D eigenvalue weighted by molar-refractivity contribution is 8.01. The number of hydrogen-bond donors (Lipinski definition) is 2. The van der Waals surface area contributed by atoms with E-state index in [0.717, 1.165) is 11.1 Å². The molecule has 0 bridgehead atoms. The molecule has 2 aliphatic rings. The van der Waals surface area contributed by atoms with Crippen LogP contribution >= 0.6 is 11.8 Å². The number of nitrogens with zero attached hydrogens (tertiary/aromatic N) is 1. The fourth-order valence-electron chi connectivity index (χ4n) is 4.47. The van der Waals surface area contributed by atoms with E-state index in [4.69, 9.17) is 0 Å². The lowest BCUT2D eigenvalue weighted by atomic mass is 9.98. The highest BCUT2D eigenvalue weighted by atomic mass is 32.2. The van der Waals surface area contributed by atoms with Crippen LogP contribution in [0.5, 0.6) is 0 Å². The van der Waals surface area contributed by atoms with Gasteiger partial charge in [0.05, 0.1) is 0 Å². The number of amides is 3. The molecule has 1 saturated heterocycles. The first-order chi connectivity index (χ1) is 15.2. The molecule has 0 radical (unpaired) electrons. The van der Waals surface area contributed by atoms with Crippen molar-refractivity contribution >= 4 is 29.5 Å². The van der Waals surface area contributed by atoms with Crippen LogP contribution in [0.1, 0.15) is 54.6 Å². The highest BCUT2D eigenvalue weighted by Crippen LogP contribution is 2.56. The summed E-state index contributed by atoms with van der Waals surface area (Å²) in [5.74, 6) is -0.749. The van der Waals surface area contributed by atoms with Crippen LogP contribution in [0.15, 0.2) is 54.6 Å². The molecule has 3 amide bonds. The molecular weight excluding hydrogens is 422 g/mol. The minimum atomic E-state index is -0.689. The molecule has 0 aliphatic carbocycles. The Balaban J connectivity index is 1.51. The Morgan fingerprint density at radius 2 is 1.72 bits per heavy atom. The normalized spacial score (nSPS) is 21.8. The lowest BCUT2D eigenvalue weighted by Gasteiger charge is -2.32. The largest absolute Gasteiger partial charge is 0.350 e. The van der Waals surface area contributed by atoms with Gasteiger partial charge in [0.15, 0.2) is 0 Å². The van der Waals surface area contributed by atoms with E-state index in [1.54, 1.807) is 16.7 Å². The lowest BCUT2D eigenvalue weighted by molar-refractivity contribution is -0.132. The second-order valence-corrected chi connectivity index (χ2v) is 10.9. The standard InChI is InChI=1S/C25H29N3O3S/c1-15(2)19(21(29)26-14-16-10-6-5-7-11-16)27-22(30)20-25(3,4)32-24-18-13-9-8-12-17(18)23(31)28(20)24/h5-13,15,19-20,24H,14H2,1-4H3,(H,26,29)(H,27,30)/t19-,20+,24?/m0/s1. The molecule has 0 spiro atoms. The van der Waals surface area contributed by atoms with Crippen LogP contribution < -0.4 is 10.6 Å². The number of fused-ring (bicyclic) bond motifs is 3. The molecule has 0 aromatic heterocycles. The zero-order chi connectivity index (χ0) is 23.0. The summed E-state index contributed by atoms with van der Waals surface area (Å²) < 4.78 is -0.486. The van der Waals surface area contributed by atoms with Crippen molar-refractivity contribution in [1.82, 2.24) is 15.5 Å². The summed E-state index contributed by atoms with van der Waals surface area (Å²) >= 11 is 1.62. The van der Waals surface area contributed by atoms with E-state index < -0.39 is 16.8 Å². The van der Waals surface area contributed by atoms with Crippen molar-refractivity contribution in [2.24, 2.45) is 5.92 Å². The van der Waals surface area contributed by atoms with Gasteiger partial charge in [-0.3, -0.25) is 14.4 Å². The topological polar surface area (TPSA) is 78.5 Å². The Bertz CT molecular complexity index is 1040. The monoisotopic (exact) mass is 451 g/mol. The summed E-state index contributed by atoms with van der Waals surface area (Å²) in [6.07, 6.45) is 0. The fraction of sp³-hybridized carbons (Fsp3) is 0.400. The van der Waals surface area contributed by atoms with Gasteiger partial charge in [0.2, 0.25) is 11.8 Å². The van der Waals surface area contributed by atoms with Crippen LogP contribution in [0.4, 0.5) is 0 Å². The zero-order valence-corrected chi connectivity index (χ0v) is 19.6. The van der Waals surface area contributed by atoms with Gasteiger partial charge in [-0.15, -0.1) is 11.8 Å². The number of thioether (sulfide) groups is 1. The smallest absolute Gasteiger partial charge is 0.256 e. The Labute approximate surface area is 193 Å². The van der Waals surface area contributed by atoms with Gasteiger partial charge in [0.1, 0.15) is 17.5 Å². The third-order valence-electron chi connectivity index (χ3n) is 6.10. The zero-order valence-electron chi connectivity index (χ0n) is 18.8. The molecule has 3 atom stereocenters. The van der Waals surface area contributed by atoms with Crippen molar-refractivity contribution in [3.63, 3.8) is 0 Å². The van der Waals surface area contributed by atoms with Gasteiger partial charge < -0.3 is 15.5 Å². The molecule has 32 heavy (non-hydrogen) atoms. The van der Waals surface area contributed by atoms with E-state index >= 15 is 0 Å². The lowest BCUT2D eigenvalue weighted by Crippen LogP contribution is -2.58. The summed E-state index contributed by atoms with van der Waals surface area (Å²) in [7, 11) is 0. The molecule has 2 aliphatic heterocycles. The van der Waals surface area contributed by atoms with Gasteiger partial charge in [-0.2, -0.15) is 0 Å². The second kappa shape index (κ2) is 8.62. The molecule has 1 fully saturated rings. The van der Waals surface area contributed by atoms with Crippen LogP contribution in [0.2, 0.25) is 0 Å². The minimum Gasteiger partial charge on any atom is -0.350 e. The molecular formula is C25H29N3O3S. The van der Waals surface area contributed by atoms with E-state index in [2.05, 4.69) is 10.6 Å². The third kappa shape index (κ3) is 4.01. The average Bonchev–Trinajstić information content (AvgIpc) is 3.20. The van der Waals surface area contributed by atoms with E-state index in [1.807, 2.05) is 82.3 Å². The number of rotatable bonds is 6. The third-order valence-corrected chi connectivity index (χ3v) is 7.64. The molecule has 2 aromatic rings. The van der Waals surface area contributed by atoms with Crippen LogP contribution in [-0.4, -0.2) is 39.5 Å². The molecule has 2 aromatic carbocycles. The van der Waals surface area contributed by atoms with Gasteiger partial charge >= 0.3 is 0 Å². The predicted molar refractivity (Wildman–Crippen MR) is 126 cm³/mol. The van der Waals surface area contributed by atoms with Crippen molar-refractivity contribution in [3.8, 4) is 0 Å². The average molecular weight is 452 g/mol. The van der Waals surface area contributed by atoms with Crippen molar-refractivity contribution in [2.45, 2.75) is 56.4 Å². The minimum absolute atomic E-state index is 0.103. The van der Waals surface area contributed by atoms with E-state index in [1.165, 1.54) is 0 Å². The van der Waals surface area contributed by atoms with Crippen LogP contribution in [-0.2, 0) is 16.1 Å². The first-order valence-electron chi connectivity index (χ1n) is 10.9. The summed E-state index contributed by atoms with van der Waals surface area (Å²) in [4.78, 5) is 41.3. The molecule has 168 valence electrons. The SMILES string of the molecule is CC(C)[C@H](NC(=O)[C@H]1N2C(=O)c3ccccc3C2SC1(C)C)C(=O)NCc1ccccc1. The second-order valence-electron chi connectivity index (χ2n) is 9.21. The molecule has 0 saturated carbocycles. The molecule has 6 nitrogen and oxygen atoms in total. The molecule has 1 unspecified atom stereocenters. The van der Waals surface area contributed by atoms with Gasteiger partial charge in [-0.05, 0) is 37.0 Å². The fourth-order valence-corrected chi connectivity index (χ4v) is 6.06. The molecule has 7 heteroatoms. The maximum Gasteiger partial charge on any atom is 0.256 e. The Morgan fingerprint density at radius 3 is 2.41 bits per heavy atom. The Hall–Kier alpha value is -2.80. The molecule has 4 rings (SSSR count). The molecule has 2 N–H and O–H groups in total. The maximum atomic E-state index is 13.5. The molecule has 2 heterocycles. The summed E-state index contributed by atoms with van der Waals surface area (Å²) in [6.45, 7) is 8.17. The van der Waals surface area contributed by atoms with Crippen molar-refractivity contribution in [2.75, 3.05) is 0 Å². The van der Waals surface area contributed by atoms with Gasteiger partial charge in [-0.25, -0.2) is 0 Å². The Kier molecular flexibility index (Phi) is 6.03. The maximum absolute atomic E-state index is 13.5. The van der Waals surface area contributed by atoms with Crippen LogP contribution in [0.3, 0.4) is 0 Å². The van der Waals surface area contributed by atoms with E-state index in [0.29, 0.717) is 12.1 Å². The number of hydrogen-bond acceptors (Lipinski definition) is 4. The Morgan fingerprint density at radius 1 is 1.06 bits per heavy atom. The van der Waals surface area contributed by atoms with Crippen molar-refractivity contribution < 1.29 is 14.4 Å². The van der Waals surface area contributed by atoms with E-state index in [-0.39, 0.29) is 29.0 Å². The van der Waals surface area contributed by atoms with E-state index in [9.17, 15) is 14.4 Å². The summed E-state index contributed by atoms with van der Waals surface area (Å²) in [6, 6.07) is 15.8.